The molecule has 6 aromatic rings. The van der Waals surface area contributed by atoms with Crippen LogP contribution in [0.1, 0.15) is 68.0 Å². The molecule has 0 radical (unpaired) electrons. The number of aromatic nitrogens is 2. The summed E-state index contributed by atoms with van der Waals surface area (Å²) in [4.78, 5) is 115. The number of aromatic hydroxyl groups is 1. The third-order valence-electron chi connectivity index (χ3n) is 16.9. The Kier molecular flexibility index (Phi) is 27.9. The second-order valence-corrected chi connectivity index (χ2v) is 24.6. The number of para-hydroxylation sites is 1. The van der Waals surface area contributed by atoms with Gasteiger partial charge in [0.15, 0.2) is 11.5 Å². The summed E-state index contributed by atoms with van der Waals surface area (Å²) in [6, 6.07) is 20.8. The fourth-order valence-electron chi connectivity index (χ4n) is 11.5. The normalized spacial score (nSPS) is 23.6. The Morgan fingerprint density at radius 2 is 1.28 bits per heavy atom. The second kappa shape index (κ2) is 36.1. The number of nitrogens with two attached hydrogens (primary N) is 1. The van der Waals surface area contributed by atoms with Crippen LogP contribution in [0.4, 0.5) is 0 Å². The molecule has 35 heteroatoms. The molecule has 9 rings (SSSR count). The van der Waals surface area contributed by atoms with E-state index >= 15 is 0 Å². The largest absolute Gasteiger partial charge is 1.00 e. The van der Waals surface area contributed by atoms with Crippen molar-refractivity contribution in [3.05, 3.63) is 132 Å². The van der Waals surface area contributed by atoms with Crippen LogP contribution in [0.25, 0.3) is 34.0 Å². The Morgan fingerprint density at radius 1 is 0.703 bits per heavy atom. The van der Waals surface area contributed by atoms with E-state index in [1.165, 1.54) is 31.2 Å². The predicted octanol–water partition coefficient (Wildman–Crippen LogP) is -4.50. The number of primary amides is 1. The number of nitrogens with one attached hydrogen (secondary N) is 5. The zero-order valence-corrected chi connectivity index (χ0v) is 57.5. The molecule has 14 atom stereocenters. The van der Waals surface area contributed by atoms with Gasteiger partial charge in [-0.3, -0.25) is 43.4 Å². The molecule has 33 nitrogen and oxygen atoms in total. The van der Waals surface area contributed by atoms with Gasteiger partial charge in [0.25, 0.3) is 18.2 Å². The van der Waals surface area contributed by atoms with Crippen LogP contribution in [0.15, 0.2) is 126 Å². The van der Waals surface area contributed by atoms with Crippen molar-refractivity contribution in [1.29, 1.82) is 0 Å². The summed E-state index contributed by atoms with van der Waals surface area (Å²) >= 11 is -0.0905. The predicted molar refractivity (Wildman–Crippen MR) is 346 cm³/mol. The minimum Gasteiger partial charge on any atom is -0.691 e. The molecular formula is C66H75N10NaO23S. The molecule has 3 aliphatic heterocycles. The van der Waals surface area contributed by atoms with Crippen LogP contribution in [-0.2, 0) is 42.9 Å². The summed E-state index contributed by atoms with van der Waals surface area (Å²) in [5.74, 6) is -10.4. The number of β-amino-alcohol motifs (C(OH)–C–C–N with tert-alkyl or cyclic N) is 1. The van der Waals surface area contributed by atoms with Crippen LogP contribution in [0.5, 0.6) is 23.0 Å². The maximum Gasteiger partial charge on any atom is 1.00 e. The van der Waals surface area contributed by atoms with Crippen molar-refractivity contribution < 1.29 is 141 Å². The van der Waals surface area contributed by atoms with Crippen molar-refractivity contribution in [3.63, 3.8) is 0 Å². The molecule has 4 heterocycles. The minimum absolute atomic E-state index is 0. The number of carbonyl (C=O) groups is 8. The first kappa shape index (κ1) is 77.9. The molecule has 3 saturated heterocycles. The van der Waals surface area contributed by atoms with Gasteiger partial charge in [-0.25, -0.2) is 0 Å². The first-order chi connectivity index (χ1) is 47.9. The average Bonchev–Trinajstić information content (AvgIpc) is 1.70. The number of unbranched alkanes of at least 4 members (excludes halogenated alkanes) is 1. The fraction of sp³-hybridized carbons (Fsp3) is 0.394. The van der Waals surface area contributed by atoms with E-state index in [0.29, 0.717) is 29.2 Å². The number of rotatable bonds is 23. The van der Waals surface area contributed by atoms with Crippen molar-refractivity contribution in [2.45, 2.75) is 125 Å². The number of aliphatic hydroxyl groups is 7. The van der Waals surface area contributed by atoms with Gasteiger partial charge in [0.05, 0.1) is 50.2 Å². The van der Waals surface area contributed by atoms with Crippen LogP contribution in [0.3, 0.4) is 0 Å². The molecule has 0 saturated carbocycles. The molecule has 15 N–H and O–H groups in total. The topological polar surface area (TPSA) is 499 Å². The van der Waals surface area contributed by atoms with E-state index in [4.69, 9.17) is 23.8 Å². The second-order valence-electron chi connectivity index (χ2n) is 24.2. The van der Waals surface area contributed by atoms with Gasteiger partial charge in [-0.15, -0.1) is 14.5 Å². The Morgan fingerprint density at radius 3 is 1.89 bits per heavy atom. The van der Waals surface area contributed by atoms with E-state index in [9.17, 15) is 84.5 Å². The van der Waals surface area contributed by atoms with E-state index in [1.807, 2.05) is 78.9 Å². The van der Waals surface area contributed by atoms with E-state index in [0.717, 1.165) is 65.5 Å². The van der Waals surface area contributed by atoms with E-state index in [2.05, 4.69) is 46.2 Å². The molecule has 0 spiro atoms. The maximum atomic E-state index is 14.7. The van der Waals surface area contributed by atoms with E-state index in [1.54, 1.807) is 0 Å². The Labute approximate surface area is 603 Å². The summed E-state index contributed by atoms with van der Waals surface area (Å²) in [5, 5.41) is 124. The first-order valence-electron chi connectivity index (χ1n) is 31.6. The van der Waals surface area contributed by atoms with Crippen molar-refractivity contribution in [3.8, 4) is 57.0 Å². The Balaban J connectivity index is 0.0000130. The van der Waals surface area contributed by atoms with Crippen molar-refractivity contribution in [2.75, 3.05) is 32.8 Å². The zero-order valence-electron chi connectivity index (χ0n) is 54.7. The van der Waals surface area contributed by atoms with Gasteiger partial charge < -0.3 is 106 Å². The van der Waals surface area contributed by atoms with Crippen LogP contribution in [0, 0.1) is 5.92 Å². The van der Waals surface area contributed by atoms with Crippen LogP contribution >= 0.6 is 12.3 Å². The van der Waals surface area contributed by atoms with Crippen molar-refractivity contribution in [2.24, 2.45) is 11.7 Å². The summed E-state index contributed by atoms with van der Waals surface area (Å²) in [6.07, 6.45) is -14.7. The van der Waals surface area contributed by atoms with Gasteiger partial charge in [-0.1, -0.05) is 55.5 Å². The third kappa shape index (κ3) is 20.0. The average molecular weight is 1430 g/mol. The van der Waals surface area contributed by atoms with Gasteiger partial charge in [-0.2, -0.15) is 0 Å². The number of hydrogen-bond donors (Lipinski definition) is 14. The number of benzene rings is 5. The molecule has 8 amide bonds. The molecule has 0 bridgehead atoms. The first-order valence-corrected chi connectivity index (χ1v) is 32.3. The number of aliphatic hydroxyl groups excluding tert-OH is 7. The minimum atomic E-state index is -2.55. The van der Waals surface area contributed by atoms with E-state index < -0.39 is 183 Å². The number of ether oxygens (including phenoxy) is 2. The number of phenolic OH excluding ortho intramolecular Hbond substituents is 1. The number of fused-ring (bicyclic) bond motifs is 2. The molecular weight excluding hydrogens is 1360 g/mol. The maximum absolute atomic E-state index is 14.7. The molecule has 5 aromatic carbocycles. The van der Waals surface area contributed by atoms with Gasteiger partial charge in [0, 0.05) is 55.1 Å². The standard InChI is InChI=1S/C66H76N10O23S.Na/c1-33-31-76-54(55(33)83)62(90)68-30-41(78)27-45(69-58(86)37-12-16-39(17-13-37)64-74-73-63(96-64)38-14-10-35(11-15-38)36-18-21-44(22-19-36)95-25-7-6-24-94-43-8-4-3-5-9-43)59(87)70-51(34(2)77)65(91)75-32-42(79)28-46(75)60(88)72-53(61(89)71-52(66(76)92)48(81)29-50(67)82)57(85)56(84)40-20-23-47(80)49(26-40)97-100-99-98-93;/h3-5,8-23,26,33-34,41-42,45-46,48,51-57,77-81,83-85,93H,6-7,24-25,27-32H2,1-2H3,(H2,67,82)(H,68,90)(H,69,86)(H,70,87)(H,71,89)(H,72,88);/q;+1/p-1. The molecule has 534 valence electrons. The quantitative estimate of drug-likeness (QED) is 0.00945. The molecule has 3 fully saturated rings. The Bertz CT molecular complexity index is 3830. The van der Waals surface area contributed by atoms with Crippen molar-refractivity contribution >= 4 is 59.6 Å². The van der Waals surface area contributed by atoms with Gasteiger partial charge in [0.2, 0.25) is 53.1 Å². The Hall–Kier alpha value is -8.85. The number of carbonyl (C=O) groups excluding carboxylic acids is 8. The molecule has 3 aliphatic rings. The summed E-state index contributed by atoms with van der Waals surface area (Å²) in [5.41, 5.74) is 7.77. The molecule has 1 aromatic heterocycles. The third-order valence-corrected chi connectivity index (χ3v) is 17.3. The van der Waals surface area contributed by atoms with E-state index in [-0.39, 0.29) is 64.8 Å². The van der Waals surface area contributed by atoms with Crippen LogP contribution in [0.2, 0.25) is 0 Å². The van der Waals surface area contributed by atoms with Crippen molar-refractivity contribution in [1.82, 2.24) is 46.6 Å². The van der Waals surface area contributed by atoms with Gasteiger partial charge in [0.1, 0.15) is 60.0 Å². The molecule has 101 heavy (non-hydrogen) atoms. The number of amides is 8. The van der Waals surface area contributed by atoms with Crippen LogP contribution < -0.4 is 80.8 Å². The molecule has 14 unspecified atom stereocenters. The van der Waals surface area contributed by atoms with Gasteiger partial charge >= 0.3 is 29.6 Å². The summed E-state index contributed by atoms with van der Waals surface area (Å²) < 4.78 is 26.8. The summed E-state index contributed by atoms with van der Waals surface area (Å²) in [6.45, 7) is 1.73. The molecule has 0 aliphatic carbocycles. The SMILES string of the molecule is CC(O)C1NC(=O)C(NC(=O)c2ccc(-c3nnc(-c4ccc(-c5ccc(OCCCCOc6ccccc6)cc5)cc4)o3)cc2)CC(O)CNC(=O)C2C(O)C(C)CN2C(=O)C(C(O)CC(N)=O)NC(=O)C(C(O)C(O)c2ccc(O)c(OSOO[O-])c2)NC(=O)C2CC(O)CN2C1=O.[Na+]. The zero-order chi connectivity index (χ0) is 71.9. The number of nitrogens with zero attached hydrogens (tertiary/aromatic N) is 4. The number of phenols is 1. The van der Waals surface area contributed by atoms with Gasteiger partial charge in [-0.05, 0) is 109 Å². The monoisotopic (exact) mass is 1430 g/mol. The summed E-state index contributed by atoms with van der Waals surface area (Å²) in [7, 11) is 0. The number of hydrogen-bond acceptors (Lipinski definition) is 26. The smallest absolute Gasteiger partial charge is 0.691 e. The van der Waals surface area contributed by atoms with Crippen LogP contribution in [-0.4, -0.2) is 214 Å². The fourth-order valence-corrected chi connectivity index (χ4v) is 11.8.